The molecule has 42 atom stereocenters. The Balaban J connectivity index is 1.08. The molecule has 8 aliphatic rings. The van der Waals surface area contributed by atoms with E-state index in [4.69, 9.17) is 71.1 Å². The van der Waals surface area contributed by atoms with E-state index in [0.29, 0.717) is 0 Å². The first-order valence-electron chi connectivity index (χ1n) is 35.4. The number of hydrogen-bond acceptors (Lipinski definition) is 45. The second-order valence-corrected chi connectivity index (χ2v) is 28.2. The van der Waals surface area contributed by atoms with Crippen molar-refractivity contribution in [3.63, 3.8) is 0 Å². The zero-order chi connectivity index (χ0) is 84.1. The fourth-order valence-electron chi connectivity index (χ4n) is 14.4. The third kappa shape index (κ3) is 20.6. The predicted molar refractivity (Wildman–Crippen MR) is 345 cm³/mol. The molecule has 51 heteroatoms. The van der Waals surface area contributed by atoms with Gasteiger partial charge in [-0.2, -0.15) is 0 Å². The van der Waals surface area contributed by atoms with Crippen LogP contribution in [0.25, 0.3) is 0 Å². The van der Waals surface area contributed by atoms with Gasteiger partial charge in [0.05, 0.1) is 77.1 Å². The monoisotopic (exact) mass is 1650 g/mol. The summed E-state index contributed by atoms with van der Waals surface area (Å²) in [5, 5.41) is 296. The molecule has 0 aromatic heterocycles. The lowest BCUT2D eigenvalue weighted by atomic mass is 9.88. The van der Waals surface area contributed by atoms with Crippen molar-refractivity contribution < 1.29 is 233 Å². The normalized spacial score (nSPS) is 45.6. The Morgan fingerprint density at radius 1 is 0.363 bits per heavy atom. The number of carboxylic acids is 2. The molecule has 113 heavy (non-hydrogen) atoms. The van der Waals surface area contributed by atoms with Crippen LogP contribution in [0.15, 0.2) is 0 Å². The van der Waals surface area contributed by atoms with E-state index in [0.717, 1.165) is 27.7 Å². The Morgan fingerprint density at radius 2 is 0.690 bits per heavy atom. The number of ether oxygens (including phenoxy) is 15. The van der Waals surface area contributed by atoms with Gasteiger partial charge < -0.3 is 225 Å². The van der Waals surface area contributed by atoms with Gasteiger partial charge in [-0.05, 0) is 0 Å². The minimum Gasteiger partial charge on any atom is -0.477 e. The molecule has 8 fully saturated rings. The molecule has 0 aromatic carbocycles. The summed E-state index contributed by atoms with van der Waals surface area (Å²) in [5.74, 6) is -14.7. The van der Waals surface area contributed by atoms with Crippen molar-refractivity contribution in [3.05, 3.63) is 0 Å². The van der Waals surface area contributed by atoms with E-state index in [2.05, 4.69) is 21.3 Å². The molecule has 8 rings (SSSR count). The standard InChI is InChI=1S/C62H102N4O47/c1-15(74)63-29-19(78)5-61(59(95)96,110-48(29)33(82)21(80)7-67)112-51-36(85)24(10-70)102-57(43(51)92)106-45-27(13-73)104-54(31(39(45)88)65-17(3)76)99-14-28-38(87)50(42(91)56(105-28)107-46-26(12-72)100-53(94)41(90)40(46)89)109-55-32(66-18(4)77)47(35(84)23(9-69)101-55)108-58-44(93)52(37(86)25(11-71)103-58)113-62(60(97)98)6-20(79)30(64-16(2)75)49(111-62)34(83)22(81)8-68/h19-58,67-73,78-94H,5-14H2,1-4H3,(H,63,74)(H,64,75)(H,65,76)(H,66,77)(H,95,96)(H,97,98)/t19-,20-,21+,22+,23+,24+,25+,26+,27+,28+,29+,30+,31+,32+,33+,34+,35+,36-,37-,38-,39+,40+,41+,42+,43+,44+,45+,46+,47+,48+,49+,50-,51-,52-,53+,54+,55-,56-,57-,58-,61+,62+/m0/s1. The molecule has 0 saturated carbocycles. The number of rotatable bonds is 32. The van der Waals surface area contributed by atoms with Crippen LogP contribution >= 0.6 is 0 Å². The van der Waals surface area contributed by atoms with Gasteiger partial charge in [0.2, 0.25) is 23.6 Å². The summed E-state index contributed by atoms with van der Waals surface area (Å²) in [5.41, 5.74) is 0. The summed E-state index contributed by atoms with van der Waals surface area (Å²) in [6.45, 7) is -5.93. The molecule has 8 aliphatic heterocycles. The maximum Gasteiger partial charge on any atom is 0.364 e. The molecule has 0 radical (unpaired) electrons. The number of hydrogen-bond donors (Lipinski definition) is 30. The topological polar surface area (TPSA) is 815 Å². The zero-order valence-corrected chi connectivity index (χ0v) is 60.4. The number of aliphatic hydroxyl groups excluding tert-OH is 24. The first kappa shape index (κ1) is 93.8. The first-order chi connectivity index (χ1) is 53.1. The summed E-state index contributed by atoms with van der Waals surface area (Å²) in [6.07, 6.45) is -82.7. The summed E-state index contributed by atoms with van der Waals surface area (Å²) in [7, 11) is 0. The summed E-state index contributed by atoms with van der Waals surface area (Å²) < 4.78 is 87.3. The second kappa shape index (κ2) is 39.9. The second-order valence-electron chi connectivity index (χ2n) is 28.2. The number of nitrogens with one attached hydrogen (secondary N) is 4. The Labute approximate surface area is 637 Å². The van der Waals surface area contributed by atoms with E-state index in [1.807, 2.05) is 0 Å². The van der Waals surface area contributed by atoms with Gasteiger partial charge in [-0.3, -0.25) is 19.2 Å². The average Bonchev–Trinajstić information content (AvgIpc) is 0.758. The van der Waals surface area contributed by atoms with Gasteiger partial charge >= 0.3 is 11.9 Å². The molecule has 30 N–H and O–H groups in total. The van der Waals surface area contributed by atoms with Crippen LogP contribution in [0.3, 0.4) is 0 Å². The van der Waals surface area contributed by atoms with Crippen molar-refractivity contribution in [3.8, 4) is 0 Å². The smallest absolute Gasteiger partial charge is 0.364 e. The Bertz CT molecular complexity index is 3110. The molecular weight excluding hydrogens is 1550 g/mol. The number of aliphatic hydroxyl groups is 24. The quantitative estimate of drug-likeness (QED) is 0.0297. The van der Waals surface area contributed by atoms with Crippen LogP contribution in [0, 0.1) is 0 Å². The molecule has 8 saturated heterocycles. The highest BCUT2D eigenvalue weighted by Gasteiger charge is 2.64. The third-order valence-electron chi connectivity index (χ3n) is 20.2. The van der Waals surface area contributed by atoms with Crippen molar-refractivity contribution in [1.82, 2.24) is 21.3 Å². The van der Waals surface area contributed by atoms with Crippen LogP contribution in [0.4, 0.5) is 0 Å². The highest BCUT2D eigenvalue weighted by molar-refractivity contribution is 5.78. The summed E-state index contributed by atoms with van der Waals surface area (Å²) in [6, 6.07) is -7.57. The van der Waals surface area contributed by atoms with Crippen molar-refractivity contribution in [2.45, 2.75) is 297 Å². The van der Waals surface area contributed by atoms with E-state index in [1.54, 1.807) is 0 Å². The highest BCUT2D eigenvalue weighted by atomic mass is 16.8. The molecular formula is C62H102N4O47. The number of carboxylic acid groups (broad SMARTS) is 2. The van der Waals surface area contributed by atoms with Gasteiger partial charge in [0.25, 0.3) is 11.6 Å². The largest absolute Gasteiger partial charge is 0.477 e. The number of carbonyl (C=O) groups excluding carboxylic acids is 4. The minimum atomic E-state index is -3.33. The Kier molecular flexibility index (Phi) is 33.1. The van der Waals surface area contributed by atoms with Crippen molar-refractivity contribution in [2.24, 2.45) is 0 Å². The fraction of sp³-hybridized carbons (Fsp3) is 0.903. The lowest BCUT2D eigenvalue weighted by Crippen LogP contribution is -2.71. The number of amides is 4. The Hall–Kier alpha value is -4.74. The van der Waals surface area contributed by atoms with Gasteiger partial charge in [0.1, 0.15) is 183 Å². The van der Waals surface area contributed by atoms with Crippen LogP contribution < -0.4 is 21.3 Å². The molecule has 8 heterocycles. The van der Waals surface area contributed by atoms with Gasteiger partial charge in [-0.1, -0.05) is 0 Å². The summed E-state index contributed by atoms with van der Waals surface area (Å²) >= 11 is 0. The van der Waals surface area contributed by atoms with E-state index in [1.165, 1.54) is 0 Å². The lowest BCUT2D eigenvalue weighted by molar-refractivity contribution is -0.391. The molecule has 652 valence electrons. The fourth-order valence-corrected chi connectivity index (χ4v) is 14.4. The maximum absolute atomic E-state index is 13.3. The lowest BCUT2D eigenvalue weighted by Gasteiger charge is -2.51. The first-order valence-corrected chi connectivity index (χ1v) is 35.4. The molecule has 0 spiro atoms. The van der Waals surface area contributed by atoms with Gasteiger partial charge in [0.15, 0.2) is 37.7 Å². The van der Waals surface area contributed by atoms with E-state index >= 15 is 0 Å². The number of aliphatic carboxylic acids is 2. The summed E-state index contributed by atoms with van der Waals surface area (Å²) in [4.78, 5) is 77.1. The highest BCUT2D eigenvalue weighted by Crippen LogP contribution is 2.43. The van der Waals surface area contributed by atoms with E-state index in [-0.39, 0.29) is 0 Å². The van der Waals surface area contributed by atoms with Gasteiger partial charge in [-0.15, -0.1) is 0 Å². The van der Waals surface area contributed by atoms with Crippen LogP contribution in [0.1, 0.15) is 40.5 Å². The molecule has 0 unspecified atom stereocenters. The molecule has 4 amide bonds. The average molecular weight is 1660 g/mol. The molecule has 0 aromatic rings. The van der Waals surface area contributed by atoms with Crippen molar-refractivity contribution in [2.75, 3.05) is 52.9 Å². The van der Waals surface area contributed by atoms with Gasteiger partial charge in [-0.25, -0.2) is 9.59 Å². The minimum absolute atomic E-state index is 0.863. The maximum atomic E-state index is 13.3. The molecule has 0 aliphatic carbocycles. The van der Waals surface area contributed by atoms with Crippen LogP contribution in [0.5, 0.6) is 0 Å². The molecule has 51 nitrogen and oxygen atoms in total. The third-order valence-corrected chi connectivity index (χ3v) is 20.2. The Morgan fingerprint density at radius 3 is 1.09 bits per heavy atom. The van der Waals surface area contributed by atoms with Crippen LogP contribution in [-0.2, 0) is 99.8 Å². The van der Waals surface area contributed by atoms with E-state index in [9.17, 15) is 162 Å². The van der Waals surface area contributed by atoms with E-state index < -0.39 is 358 Å². The van der Waals surface area contributed by atoms with Gasteiger partial charge in [0, 0.05) is 40.5 Å². The number of carbonyl (C=O) groups is 6. The van der Waals surface area contributed by atoms with Crippen molar-refractivity contribution >= 4 is 35.6 Å². The van der Waals surface area contributed by atoms with Crippen LogP contribution in [-0.4, -0.2) is 478 Å². The van der Waals surface area contributed by atoms with Crippen molar-refractivity contribution in [1.29, 1.82) is 0 Å². The van der Waals surface area contributed by atoms with Crippen LogP contribution in [0.2, 0.25) is 0 Å². The zero-order valence-electron chi connectivity index (χ0n) is 60.4. The molecule has 0 bridgehead atoms. The SMILES string of the molecule is CC(=O)N[C@H]1[C@H](OC[C@H]2O[C@@H](O[C@H]3[C@H](O)[C@@H](O)[C@H](O)O[C@@H]3CO)[C@H](O)[C@@H](O[C@@H]3O[C@H](CO)[C@@H](O)[C@H](O[C@@H]4O[C@H](CO)[C@H](O)[C@H](O[C@@]5(C(=O)O)C[C@H](O)[C@@H](NC(C)=O)[C@H]([C@H](O)[C@H](O)CO)O5)[C@H]4O)[C@H]3NC(C)=O)[C@H]2O)O[C@H](CO)[C@@H](O[C@@H]2O[C@H](CO)[C@H](O)[C@H](O[C@@]3(C(=O)O)C[C@H](O)[C@@H](NC(C)=O)[C@H]([C@H](O)[C@H](O)CO)O3)[C@H]2O)[C@@H]1O. The predicted octanol–water partition coefficient (Wildman–Crippen LogP) is -19.5.